The number of anilines is 1. The number of allylic oxidation sites excluding steroid dienone is 1. The molecule has 0 aromatic heterocycles. The normalized spacial score (nSPS) is 24.6. The van der Waals surface area contributed by atoms with Crippen molar-refractivity contribution in [2.24, 2.45) is 5.41 Å². The smallest absolute Gasteiger partial charge is 0.238 e. The molecule has 0 saturated carbocycles. The van der Waals surface area contributed by atoms with Crippen molar-refractivity contribution in [2.75, 3.05) is 11.9 Å². The number of amides is 2. The van der Waals surface area contributed by atoms with Crippen molar-refractivity contribution >= 4 is 47.0 Å². The summed E-state index contributed by atoms with van der Waals surface area (Å²) >= 11 is 12.4. The van der Waals surface area contributed by atoms with E-state index in [0.29, 0.717) is 34.5 Å². The fourth-order valence-electron chi connectivity index (χ4n) is 5.53. The number of aldehydes is 1. The van der Waals surface area contributed by atoms with Crippen LogP contribution in [-0.2, 0) is 19.8 Å². The molecule has 0 radical (unpaired) electrons. The topological polar surface area (TPSA) is 87.3 Å². The molecule has 2 aromatic rings. The van der Waals surface area contributed by atoms with E-state index in [-0.39, 0.29) is 36.2 Å². The molecule has 2 amide bonds. The lowest BCUT2D eigenvalue weighted by molar-refractivity contribution is -0.123. The van der Waals surface area contributed by atoms with Crippen molar-refractivity contribution in [3.63, 3.8) is 0 Å². The number of carbonyl (C=O) groups is 3. The minimum atomic E-state index is -1.31. The van der Waals surface area contributed by atoms with Crippen molar-refractivity contribution < 1.29 is 18.8 Å². The van der Waals surface area contributed by atoms with Gasteiger partial charge in [-0.1, -0.05) is 69.6 Å². The highest BCUT2D eigenvalue weighted by Gasteiger charge is 2.65. The Labute approximate surface area is 227 Å². The molecule has 1 fully saturated rings. The van der Waals surface area contributed by atoms with Gasteiger partial charge in [0.25, 0.3) is 0 Å². The van der Waals surface area contributed by atoms with Crippen LogP contribution in [0.25, 0.3) is 0 Å². The number of halogens is 3. The Hall–Kier alpha value is -2.74. The molecule has 3 N–H and O–H groups in total. The predicted molar refractivity (Wildman–Crippen MR) is 146 cm³/mol. The number of rotatable bonds is 6. The van der Waals surface area contributed by atoms with Crippen molar-refractivity contribution in [3.8, 4) is 0 Å². The molecule has 4 atom stereocenters. The number of hydrogen-bond acceptors (Lipinski definition) is 4. The monoisotopic (exact) mass is 547 g/mol. The summed E-state index contributed by atoms with van der Waals surface area (Å²) in [7, 11) is 0. The second kappa shape index (κ2) is 10.9. The molecule has 0 aliphatic carbocycles. The third-order valence-electron chi connectivity index (χ3n) is 6.80. The summed E-state index contributed by atoms with van der Waals surface area (Å²) < 4.78 is 14.9. The summed E-state index contributed by atoms with van der Waals surface area (Å²) in [6.45, 7) is 6.28. The summed E-state index contributed by atoms with van der Waals surface area (Å²) in [6.07, 6.45) is 3.98. The van der Waals surface area contributed by atoms with E-state index in [1.807, 2.05) is 26.8 Å². The third kappa shape index (κ3) is 5.31. The predicted octanol–water partition coefficient (Wildman–Crippen LogP) is 5.39. The Balaban J connectivity index is 0.00000380. The number of benzene rings is 2. The van der Waals surface area contributed by atoms with Gasteiger partial charge in [0, 0.05) is 29.2 Å². The van der Waals surface area contributed by atoms with E-state index in [4.69, 9.17) is 23.2 Å². The van der Waals surface area contributed by atoms with Gasteiger partial charge in [0.2, 0.25) is 11.8 Å². The minimum Gasteiger partial charge on any atom is -0.351 e. The Morgan fingerprint density at radius 1 is 1.22 bits per heavy atom. The average molecular weight is 548 g/mol. The van der Waals surface area contributed by atoms with E-state index in [1.165, 1.54) is 24.3 Å². The Kier molecular flexibility index (Phi) is 8.52. The molecule has 37 heavy (non-hydrogen) atoms. The third-order valence-corrected chi connectivity index (χ3v) is 7.32. The zero-order valence-electron chi connectivity index (χ0n) is 20.2. The molecule has 0 bridgehead atoms. The Bertz CT molecular complexity index is 1240. The SMILES string of the molecule is C.CC(C)(C)CC1NC(C(=O)NC/C=C/C=O)C(c2cccc(Cl)c2)C12C(=O)Nc1cc(Cl)c(F)cc12. The van der Waals surface area contributed by atoms with Crippen LogP contribution in [0, 0.1) is 11.2 Å². The van der Waals surface area contributed by atoms with E-state index in [9.17, 15) is 18.8 Å². The lowest BCUT2D eigenvalue weighted by Crippen LogP contribution is -2.49. The first-order valence-electron chi connectivity index (χ1n) is 11.7. The maximum Gasteiger partial charge on any atom is 0.238 e. The highest BCUT2D eigenvalue weighted by molar-refractivity contribution is 6.31. The number of fused-ring (bicyclic) bond motifs is 2. The highest BCUT2D eigenvalue weighted by Crippen LogP contribution is 2.57. The van der Waals surface area contributed by atoms with Gasteiger partial charge in [-0.15, -0.1) is 0 Å². The Morgan fingerprint density at radius 3 is 2.59 bits per heavy atom. The van der Waals surface area contributed by atoms with E-state index in [2.05, 4.69) is 16.0 Å². The molecule has 4 unspecified atom stereocenters. The molecule has 198 valence electrons. The van der Waals surface area contributed by atoms with Gasteiger partial charge >= 0.3 is 0 Å². The standard InChI is InChI=1S/C27H28Cl2FN3O3.CH4/c1-26(2,3)14-21-27(17-12-19(30)18(29)13-20(17)32-25(27)36)22(15-7-6-8-16(28)11-15)23(33-21)24(35)31-9-4-5-10-34;/h4-8,10-13,21-23,33H,9,14H2,1-3H3,(H,31,35)(H,32,36);1H4/b5-4+;. The van der Waals surface area contributed by atoms with Gasteiger partial charge in [-0.2, -0.15) is 0 Å². The number of carbonyl (C=O) groups excluding carboxylic acids is 3. The second-order valence-electron chi connectivity index (χ2n) is 10.4. The molecule has 4 rings (SSSR count). The molecule has 1 saturated heterocycles. The van der Waals surface area contributed by atoms with Crippen LogP contribution in [0.15, 0.2) is 48.6 Å². The average Bonchev–Trinajstić information content (AvgIpc) is 3.26. The molecule has 2 aliphatic heterocycles. The van der Waals surface area contributed by atoms with Crippen LogP contribution in [0.1, 0.15) is 51.7 Å². The molecular formula is C28H32Cl2FN3O3. The van der Waals surface area contributed by atoms with Gasteiger partial charge in [0.15, 0.2) is 0 Å². The van der Waals surface area contributed by atoms with Gasteiger partial charge < -0.3 is 16.0 Å². The fourth-order valence-corrected chi connectivity index (χ4v) is 5.89. The summed E-state index contributed by atoms with van der Waals surface area (Å²) in [5.74, 6) is -2.03. The van der Waals surface area contributed by atoms with E-state index in [0.717, 1.165) is 0 Å². The molecule has 2 heterocycles. The summed E-state index contributed by atoms with van der Waals surface area (Å²) in [5.41, 5.74) is 0.0226. The van der Waals surface area contributed by atoms with Gasteiger partial charge in [-0.3, -0.25) is 14.4 Å². The van der Waals surface area contributed by atoms with E-state index in [1.54, 1.807) is 18.2 Å². The lowest BCUT2D eigenvalue weighted by atomic mass is 9.62. The van der Waals surface area contributed by atoms with Gasteiger partial charge in [-0.25, -0.2) is 4.39 Å². The first-order valence-corrected chi connectivity index (χ1v) is 12.4. The molecule has 6 nitrogen and oxygen atoms in total. The van der Waals surface area contributed by atoms with Crippen LogP contribution in [-0.4, -0.2) is 36.7 Å². The zero-order chi connectivity index (χ0) is 26.3. The maximum atomic E-state index is 14.9. The van der Waals surface area contributed by atoms with Crippen molar-refractivity contribution in [1.82, 2.24) is 10.6 Å². The van der Waals surface area contributed by atoms with Crippen LogP contribution in [0.5, 0.6) is 0 Å². The van der Waals surface area contributed by atoms with Gasteiger partial charge in [0.1, 0.15) is 17.5 Å². The molecule has 2 aliphatic rings. The number of nitrogens with one attached hydrogen (secondary N) is 3. The highest BCUT2D eigenvalue weighted by atomic mass is 35.5. The zero-order valence-corrected chi connectivity index (χ0v) is 21.7. The quantitative estimate of drug-likeness (QED) is 0.334. The molecule has 2 aromatic carbocycles. The van der Waals surface area contributed by atoms with Crippen molar-refractivity contribution in [3.05, 3.63) is 75.5 Å². The van der Waals surface area contributed by atoms with E-state index >= 15 is 0 Å². The lowest BCUT2D eigenvalue weighted by Gasteiger charge is -2.37. The first-order chi connectivity index (χ1) is 17.0. The van der Waals surface area contributed by atoms with Crippen molar-refractivity contribution in [1.29, 1.82) is 0 Å². The summed E-state index contributed by atoms with van der Waals surface area (Å²) in [5, 5.41) is 9.51. The molecular weight excluding hydrogens is 516 g/mol. The van der Waals surface area contributed by atoms with Crippen LogP contribution in [0.2, 0.25) is 10.0 Å². The van der Waals surface area contributed by atoms with Crippen LogP contribution in [0.3, 0.4) is 0 Å². The van der Waals surface area contributed by atoms with Crippen LogP contribution < -0.4 is 16.0 Å². The van der Waals surface area contributed by atoms with Crippen molar-refractivity contribution in [2.45, 2.75) is 58.0 Å². The Morgan fingerprint density at radius 2 is 1.95 bits per heavy atom. The summed E-state index contributed by atoms with van der Waals surface area (Å²) in [4.78, 5) is 38.1. The fraction of sp³-hybridized carbons (Fsp3) is 0.393. The molecule has 9 heteroatoms. The second-order valence-corrected chi connectivity index (χ2v) is 11.3. The summed E-state index contributed by atoms with van der Waals surface area (Å²) in [6, 6.07) is 8.41. The van der Waals surface area contributed by atoms with Crippen LogP contribution >= 0.6 is 23.2 Å². The maximum absolute atomic E-state index is 14.9. The minimum absolute atomic E-state index is 0. The number of hydrogen-bond donors (Lipinski definition) is 3. The van der Waals surface area contributed by atoms with Gasteiger partial charge in [-0.05, 0) is 53.3 Å². The van der Waals surface area contributed by atoms with Gasteiger partial charge in [0.05, 0.1) is 11.1 Å². The van der Waals surface area contributed by atoms with Crippen LogP contribution in [0.4, 0.5) is 10.1 Å². The first kappa shape index (κ1) is 28.8. The molecule has 1 spiro atoms. The largest absolute Gasteiger partial charge is 0.351 e. The van der Waals surface area contributed by atoms with E-state index < -0.39 is 29.2 Å².